The monoisotopic (exact) mass is 553 g/mol. The number of halogens is 2. The zero-order valence-corrected chi connectivity index (χ0v) is 23.2. The molecular weight excluding hydrogens is 521 g/mol. The maximum absolute atomic E-state index is 13.7. The second kappa shape index (κ2) is 12.3. The Morgan fingerprint density at radius 3 is 2.25 bits per heavy atom. The van der Waals surface area contributed by atoms with Crippen molar-refractivity contribution in [2.24, 2.45) is 0 Å². The summed E-state index contributed by atoms with van der Waals surface area (Å²) in [5.41, 5.74) is 2.14. The van der Waals surface area contributed by atoms with E-state index in [-0.39, 0.29) is 34.2 Å². The minimum absolute atomic E-state index is 0.103. The molecule has 1 aliphatic rings. The molecule has 0 spiro atoms. The molecular formula is C26H33Cl2N3O4S. The van der Waals surface area contributed by atoms with Crippen molar-refractivity contribution in [2.45, 2.75) is 64.6 Å². The van der Waals surface area contributed by atoms with Gasteiger partial charge < -0.3 is 10.2 Å². The second-order valence-electron chi connectivity index (χ2n) is 9.29. The molecule has 0 unspecified atom stereocenters. The van der Waals surface area contributed by atoms with Crippen LogP contribution in [0.1, 0.15) is 50.2 Å². The Labute approximate surface area is 223 Å². The molecule has 2 aromatic rings. The molecule has 1 aliphatic carbocycles. The number of amides is 2. The molecule has 1 N–H and O–H groups in total. The van der Waals surface area contributed by atoms with Gasteiger partial charge in [-0.3, -0.25) is 13.9 Å². The normalized spacial score (nSPS) is 14.9. The van der Waals surface area contributed by atoms with E-state index in [2.05, 4.69) is 5.32 Å². The van der Waals surface area contributed by atoms with Gasteiger partial charge in [0, 0.05) is 12.6 Å². The number of hydrogen-bond donors (Lipinski definition) is 1. The van der Waals surface area contributed by atoms with E-state index in [0.717, 1.165) is 47.4 Å². The molecule has 2 aromatic carbocycles. The van der Waals surface area contributed by atoms with Crippen LogP contribution in [-0.4, -0.2) is 50.0 Å². The molecule has 3 rings (SSSR count). The fourth-order valence-corrected chi connectivity index (χ4v) is 5.56. The van der Waals surface area contributed by atoms with E-state index in [1.54, 1.807) is 0 Å². The molecule has 1 atom stereocenters. The predicted octanol–water partition coefficient (Wildman–Crippen LogP) is 4.93. The van der Waals surface area contributed by atoms with Gasteiger partial charge in [-0.15, -0.1) is 0 Å². The first kappa shape index (κ1) is 28.3. The van der Waals surface area contributed by atoms with Crippen molar-refractivity contribution >= 4 is 50.7 Å². The van der Waals surface area contributed by atoms with Gasteiger partial charge in [-0.2, -0.15) is 0 Å². The van der Waals surface area contributed by atoms with Gasteiger partial charge in [0.25, 0.3) is 0 Å². The van der Waals surface area contributed by atoms with Crippen molar-refractivity contribution in [3.05, 3.63) is 63.6 Å². The zero-order chi connectivity index (χ0) is 26.5. The van der Waals surface area contributed by atoms with Crippen molar-refractivity contribution in [1.82, 2.24) is 10.2 Å². The molecule has 0 heterocycles. The number of aryl methyl sites for hydroxylation is 1. The van der Waals surface area contributed by atoms with E-state index in [1.165, 1.54) is 23.1 Å². The first-order valence-electron chi connectivity index (χ1n) is 12.1. The minimum Gasteiger partial charge on any atom is -0.352 e. The average Bonchev–Trinajstić information content (AvgIpc) is 3.32. The third-order valence-electron chi connectivity index (χ3n) is 6.43. The quantitative estimate of drug-likeness (QED) is 0.451. The van der Waals surface area contributed by atoms with Crippen molar-refractivity contribution < 1.29 is 18.0 Å². The topological polar surface area (TPSA) is 86.8 Å². The summed E-state index contributed by atoms with van der Waals surface area (Å²) in [5, 5.41) is 3.54. The lowest BCUT2D eigenvalue weighted by atomic mass is 10.1. The first-order chi connectivity index (χ1) is 17.0. The lowest BCUT2D eigenvalue weighted by Crippen LogP contribution is -2.53. The molecule has 36 heavy (non-hydrogen) atoms. The molecule has 0 bridgehead atoms. The smallest absolute Gasteiger partial charge is 0.244 e. The molecule has 0 aliphatic heterocycles. The van der Waals surface area contributed by atoms with Crippen LogP contribution >= 0.6 is 23.2 Å². The standard InChI is InChI=1S/C26H33Cl2N3O4S/c1-4-24(26(33)29-20-7-5-6-8-20)30(16-19-11-9-18(2)10-12-19)25(32)17-31(36(3,34)35)21-13-14-22(27)23(28)15-21/h9-15,20,24H,4-8,16-17H2,1-3H3,(H,29,33)/t24-/m0/s1. The van der Waals surface area contributed by atoms with E-state index in [1.807, 2.05) is 38.1 Å². The van der Waals surface area contributed by atoms with Crippen LogP contribution in [0.15, 0.2) is 42.5 Å². The van der Waals surface area contributed by atoms with Crippen LogP contribution in [0.2, 0.25) is 10.0 Å². The Morgan fingerprint density at radius 1 is 1.06 bits per heavy atom. The molecule has 0 radical (unpaired) electrons. The Bertz CT molecular complexity index is 1180. The van der Waals surface area contributed by atoms with Crippen LogP contribution in [0.25, 0.3) is 0 Å². The summed E-state index contributed by atoms with van der Waals surface area (Å²) in [4.78, 5) is 28.5. The molecule has 1 fully saturated rings. The van der Waals surface area contributed by atoms with Gasteiger partial charge in [0.15, 0.2) is 0 Å². The van der Waals surface area contributed by atoms with Crippen molar-refractivity contribution in [2.75, 3.05) is 17.1 Å². The summed E-state index contributed by atoms with van der Waals surface area (Å²) < 4.78 is 26.4. The zero-order valence-electron chi connectivity index (χ0n) is 20.8. The summed E-state index contributed by atoms with van der Waals surface area (Å²) >= 11 is 12.1. The van der Waals surface area contributed by atoms with Crippen LogP contribution in [-0.2, 0) is 26.2 Å². The lowest BCUT2D eigenvalue weighted by molar-refractivity contribution is -0.140. The Morgan fingerprint density at radius 2 is 1.69 bits per heavy atom. The number of rotatable bonds is 10. The highest BCUT2D eigenvalue weighted by Crippen LogP contribution is 2.29. The number of hydrogen-bond acceptors (Lipinski definition) is 4. The molecule has 10 heteroatoms. The third kappa shape index (κ3) is 7.37. The summed E-state index contributed by atoms with van der Waals surface area (Å²) in [7, 11) is -3.84. The summed E-state index contributed by atoms with van der Waals surface area (Å²) in [6, 6.07) is 11.4. The van der Waals surface area contributed by atoms with Gasteiger partial charge in [0.05, 0.1) is 22.0 Å². The SMILES string of the molecule is CC[C@@H](C(=O)NC1CCCC1)N(Cc1ccc(C)cc1)C(=O)CN(c1ccc(Cl)c(Cl)c1)S(C)(=O)=O. The Balaban J connectivity index is 1.92. The number of anilines is 1. The average molecular weight is 555 g/mol. The molecule has 196 valence electrons. The van der Waals surface area contributed by atoms with E-state index in [9.17, 15) is 18.0 Å². The van der Waals surface area contributed by atoms with Gasteiger partial charge in [0.1, 0.15) is 12.6 Å². The van der Waals surface area contributed by atoms with Gasteiger partial charge in [0.2, 0.25) is 21.8 Å². The highest BCUT2D eigenvalue weighted by Gasteiger charge is 2.33. The fourth-order valence-electron chi connectivity index (χ4n) is 4.43. The second-order valence-corrected chi connectivity index (χ2v) is 12.0. The number of carbonyl (C=O) groups is 2. The fraction of sp³-hybridized carbons (Fsp3) is 0.462. The number of sulfonamides is 1. The molecule has 7 nitrogen and oxygen atoms in total. The first-order valence-corrected chi connectivity index (χ1v) is 14.7. The minimum atomic E-state index is -3.84. The van der Waals surface area contributed by atoms with E-state index in [4.69, 9.17) is 23.2 Å². The molecule has 0 saturated heterocycles. The summed E-state index contributed by atoms with van der Waals surface area (Å²) in [5.74, 6) is -0.703. The van der Waals surface area contributed by atoms with Crippen LogP contribution in [0, 0.1) is 6.92 Å². The maximum Gasteiger partial charge on any atom is 0.244 e. The van der Waals surface area contributed by atoms with Gasteiger partial charge in [-0.05, 0) is 49.9 Å². The highest BCUT2D eigenvalue weighted by molar-refractivity contribution is 7.92. The number of carbonyl (C=O) groups excluding carboxylic acids is 2. The predicted molar refractivity (Wildman–Crippen MR) is 145 cm³/mol. The van der Waals surface area contributed by atoms with Gasteiger partial charge in [-0.25, -0.2) is 8.42 Å². The van der Waals surface area contributed by atoms with Crippen LogP contribution < -0.4 is 9.62 Å². The Hall–Kier alpha value is -2.29. The molecule has 1 saturated carbocycles. The lowest BCUT2D eigenvalue weighted by Gasteiger charge is -2.33. The summed E-state index contributed by atoms with van der Waals surface area (Å²) in [6.45, 7) is 3.52. The van der Waals surface area contributed by atoms with Crippen LogP contribution in [0.4, 0.5) is 5.69 Å². The number of benzene rings is 2. The summed E-state index contributed by atoms with van der Waals surface area (Å²) in [6.07, 6.45) is 5.40. The highest BCUT2D eigenvalue weighted by atomic mass is 35.5. The largest absolute Gasteiger partial charge is 0.352 e. The van der Waals surface area contributed by atoms with Crippen molar-refractivity contribution in [3.8, 4) is 0 Å². The van der Waals surface area contributed by atoms with Crippen molar-refractivity contribution in [3.63, 3.8) is 0 Å². The Kier molecular flexibility index (Phi) is 9.66. The van der Waals surface area contributed by atoms with E-state index < -0.39 is 28.5 Å². The molecule has 0 aromatic heterocycles. The van der Waals surface area contributed by atoms with E-state index in [0.29, 0.717) is 6.42 Å². The van der Waals surface area contributed by atoms with Gasteiger partial charge >= 0.3 is 0 Å². The number of nitrogens with one attached hydrogen (secondary N) is 1. The van der Waals surface area contributed by atoms with Gasteiger partial charge in [-0.1, -0.05) is 72.8 Å². The molecule has 2 amide bonds. The maximum atomic E-state index is 13.7. The number of nitrogens with zero attached hydrogens (tertiary/aromatic N) is 2. The van der Waals surface area contributed by atoms with E-state index >= 15 is 0 Å². The van der Waals surface area contributed by atoms with Crippen LogP contribution in [0.5, 0.6) is 0 Å². The third-order valence-corrected chi connectivity index (χ3v) is 8.31. The van der Waals surface area contributed by atoms with Crippen molar-refractivity contribution in [1.29, 1.82) is 0 Å². The van der Waals surface area contributed by atoms with Crippen LogP contribution in [0.3, 0.4) is 0 Å².